The molecule has 0 bridgehead atoms. The van der Waals surface area contributed by atoms with Gasteiger partial charge in [0.1, 0.15) is 11.4 Å². The fourth-order valence-electron chi connectivity index (χ4n) is 3.86. The molecule has 42 heavy (non-hydrogen) atoms. The average Bonchev–Trinajstić information content (AvgIpc) is 2.99. The second kappa shape index (κ2) is 15.0. The number of thioether (sulfide) groups is 1. The molecule has 0 radical (unpaired) electrons. The third-order valence-corrected chi connectivity index (χ3v) is 7.56. The van der Waals surface area contributed by atoms with Crippen LogP contribution in [0, 0.1) is 0 Å². The first-order chi connectivity index (χ1) is 20.3. The van der Waals surface area contributed by atoms with E-state index in [9.17, 15) is 14.4 Å². The van der Waals surface area contributed by atoms with Gasteiger partial charge in [0.05, 0.1) is 11.9 Å². The lowest BCUT2D eigenvalue weighted by Gasteiger charge is -2.15. The van der Waals surface area contributed by atoms with E-state index in [4.69, 9.17) is 4.74 Å². The minimum Gasteiger partial charge on any atom is -0.493 e. The van der Waals surface area contributed by atoms with Crippen LogP contribution in [0.3, 0.4) is 0 Å². The number of carbonyl (C=O) groups excluding carboxylic acids is 3. The Morgan fingerprint density at radius 1 is 0.857 bits per heavy atom. The van der Waals surface area contributed by atoms with E-state index in [-0.39, 0.29) is 11.6 Å². The number of para-hydroxylation sites is 1. The predicted molar refractivity (Wildman–Crippen MR) is 173 cm³/mol. The molecule has 0 aliphatic carbocycles. The molecule has 0 aromatic heterocycles. The summed E-state index contributed by atoms with van der Waals surface area (Å²) in [5.41, 5.74) is 2.34. The molecule has 0 saturated heterocycles. The number of hydrogen-bond donors (Lipinski definition) is 3. The minimum atomic E-state index is -0.506. The third kappa shape index (κ3) is 8.83. The molecule has 0 aliphatic heterocycles. The van der Waals surface area contributed by atoms with E-state index in [1.165, 1.54) is 11.8 Å². The highest BCUT2D eigenvalue weighted by molar-refractivity contribution is 9.10. The molecule has 4 aromatic rings. The van der Waals surface area contributed by atoms with Crippen molar-refractivity contribution in [2.24, 2.45) is 0 Å². The van der Waals surface area contributed by atoms with E-state index >= 15 is 0 Å². The van der Waals surface area contributed by atoms with Crippen LogP contribution in [0.15, 0.2) is 118 Å². The maximum absolute atomic E-state index is 13.5. The quantitative estimate of drug-likeness (QED) is 0.117. The van der Waals surface area contributed by atoms with E-state index in [0.717, 1.165) is 9.37 Å². The van der Waals surface area contributed by atoms with Gasteiger partial charge in [0.15, 0.2) is 0 Å². The van der Waals surface area contributed by atoms with Gasteiger partial charge in [-0.3, -0.25) is 14.4 Å². The Balaban J connectivity index is 1.51. The van der Waals surface area contributed by atoms with Gasteiger partial charge < -0.3 is 20.7 Å². The molecule has 1 atom stereocenters. The number of nitrogens with one attached hydrogen (secondary N) is 3. The number of rotatable bonds is 11. The summed E-state index contributed by atoms with van der Waals surface area (Å²) < 4.78 is 6.64. The molecule has 0 spiro atoms. The van der Waals surface area contributed by atoms with Crippen molar-refractivity contribution >= 4 is 62.9 Å². The van der Waals surface area contributed by atoms with Crippen LogP contribution in [0.25, 0.3) is 6.08 Å². The Kier molecular flexibility index (Phi) is 11.0. The minimum absolute atomic E-state index is 0.0521. The molecule has 0 aliphatic rings. The molecule has 4 rings (SSSR count). The van der Waals surface area contributed by atoms with Crippen molar-refractivity contribution in [1.82, 2.24) is 5.32 Å². The van der Waals surface area contributed by atoms with Gasteiger partial charge in [-0.1, -0.05) is 58.4 Å². The topological polar surface area (TPSA) is 96.5 Å². The normalized spacial score (nSPS) is 11.7. The number of amides is 3. The molecule has 7 nitrogen and oxygen atoms in total. The van der Waals surface area contributed by atoms with E-state index in [0.29, 0.717) is 34.9 Å². The van der Waals surface area contributed by atoms with Gasteiger partial charge in [-0.15, -0.1) is 11.8 Å². The van der Waals surface area contributed by atoms with Crippen LogP contribution in [-0.4, -0.2) is 29.6 Å². The second-order valence-electron chi connectivity index (χ2n) is 9.09. The van der Waals surface area contributed by atoms with Gasteiger partial charge in [-0.2, -0.15) is 0 Å². The van der Waals surface area contributed by atoms with Gasteiger partial charge in [0.25, 0.3) is 11.8 Å². The maximum Gasteiger partial charge on any atom is 0.272 e. The first kappa shape index (κ1) is 30.6. The first-order valence-corrected chi connectivity index (χ1v) is 14.9. The zero-order chi connectivity index (χ0) is 29.9. The molecule has 3 N–H and O–H groups in total. The average molecular weight is 645 g/mol. The summed E-state index contributed by atoms with van der Waals surface area (Å²) in [6.45, 7) is 4.15. The number of hydrogen-bond acceptors (Lipinski definition) is 5. The Labute approximate surface area is 257 Å². The van der Waals surface area contributed by atoms with Crippen LogP contribution >= 0.6 is 27.7 Å². The second-order valence-corrected chi connectivity index (χ2v) is 11.4. The maximum atomic E-state index is 13.5. The Hall–Kier alpha value is -4.34. The smallest absolute Gasteiger partial charge is 0.272 e. The van der Waals surface area contributed by atoms with Crippen molar-refractivity contribution < 1.29 is 19.1 Å². The van der Waals surface area contributed by atoms with Crippen molar-refractivity contribution in [2.45, 2.75) is 24.0 Å². The number of ether oxygens (including phenoxy) is 1. The van der Waals surface area contributed by atoms with Crippen LogP contribution < -0.4 is 20.7 Å². The lowest BCUT2D eigenvalue weighted by atomic mass is 10.1. The van der Waals surface area contributed by atoms with Crippen LogP contribution in [-0.2, 0) is 9.59 Å². The lowest BCUT2D eigenvalue weighted by molar-refractivity contribution is -0.115. The van der Waals surface area contributed by atoms with Crippen LogP contribution in [0.1, 0.15) is 29.8 Å². The molecular weight excluding hydrogens is 614 g/mol. The van der Waals surface area contributed by atoms with Gasteiger partial charge >= 0.3 is 0 Å². The van der Waals surface area contributed by atoms with Crippen molar-refractivity contribution in [2.75, 3.05) is 17.2 Å². The summed E-state index contributed by atoms with van der Waals surface area (Å²) in [5, 5.41) is 8.15. The molecule has 0 fully saturated rings. The summed E-state index contributed by atoms with van der Waals surface area (Å²) in [5.74, 6) is -0.471. The largest absolute Gasteiger partial charge is 0.493 e. The van der Waals surface area contributed by atoms with Gasteiger partial charge in [0, 0.05) is 31.9 Å². The van der Waals surface area contributed by atoms with Gasteiger partial charge in [-0.25, -0.2) is 0 Å². The first-order valence-electron chi connectivity index (χ1n) is 13.3. The van der Waals surface area contributed by atoms with Crippen LogP contribution in [0.5, 0.6) is 5.75 Å². The molecule has 0 saturated carbocycles. The van der Waals surface area contributed by atoms with Crippen molar-refractivity contribution in [3.63, 3.8) is 0 Å². The van der Waals surface area contributed by atoms with E-state index in [2.05, 4.69) is 31.9 Å². The number of benzene rings is 4. The zero-order valence-electron chi connectivity index (χ0n) is 23.1. The molecule has 214 valence electrons. The third-order valence-electron chi connectivity index (χ3n) is 5.93. The highest BCUT2D eigenvalue weighted by Gasteiger charge is 2.18. The number of anilines is 2. The number of carbonyl (C=O) groups is 3. The van der Waals surface area contributed by atoms with Crippen molar-refractivity contribution in [1.29, 1.82) is 0 Å². The standard InChI is InChI=1S/C33H30BrN3O4S/c1-3-41-30-15-8-7-12-24(30)20-29(37-32(39)23-10-5-4-6-11-23)33(40)36-27-13-9-14-28(21-27)42-22(2)31(38)35-26-18-16-25(34)17-19-26/h4-22H,3H2,1-2H3,(H,35,38)(H,36,40)(H,37,39)/b29-20+. The molecule has 1 unspecified atom stereocenters. The molecular formula is C33H30BrN3O4S. The molecule has 3 amide bonds. The highest BCUT2D eigenvalue weighted by Crippen LogP contribution is 2.27. The van der Waals surface area contributed by atoms with E-state index in [1.54, 1.807) is 54.6 Å². The fraction of sp³-hybridized carbons (Fsp3) is 0.121. The van der Waals surface area contributed by atoms with Crippen molar-refractivity contribution in [3.05, 3.63) is 124 Å². The fourth-order valence-corrected chi connectivity index (χ4v) is 5.06. The summed E-state index contributed by atoms with van der Waals surface area (Å²) in [7, 11) is 0. The van der Waals surface area contributed by atoms with Crippen LogP contribution in [0.4, 0.5) is 11.4 Å². The van der Waals surface area contributed by atoms with E-state index < -0.39 is 17.1 Å². The molecule has 4 aromatic carbocycles. The van der Waals surface area contributed by atoms with Crippen LogP contribution in [0.2, 0.25) is 0 Å². The molecule has 9 heteroatoms. The van der Waals surface area contributed by atoms with Gasteiger partial charge in [-0.05, 0) is 80.6 Å². The Morgan fingerprint density at radius 3 is 2.31 bits per heavy atom. The summed E-state index contributed by atoms with van der Waals surface area (Å²) in [6, 6.07) is 30.5. The highest BCUT2D eigenvalue weighted by atomic mass is 79.9. The summed E-state index contributed by atoms with van der Waals surface area (Å²) in [6.07, 6.45) is 1.59. The van der Waals surface area contributed by atoms with E-state index in [1.807, 2.05) is 68.4 Å². The van der Waals surface area contributed by atoms with Crippen molar-refractivity contribution in [3.8, 4) is 5.75 Å². The summed E-state index contributed by atoms with van der Waals surface area (Å²) in [4.78, 5) is 40.1. The Bertz CT molecular complexity index is 1580. The summed E-state index contributed by atoms with van der Waals surface area (Å²) >= 11 is 4.76. The number of halogens is 1. The Morgan fingerprint density at radius 2 is 1.57 bits per heavy atom. The monoisotopic (exact) mass is 643 g/mol. The SMILES string of the molecule is CCOc1ccccc1/C=C(/NC(=O)c1ccccc1)C(=O)Nc1cccc(SC(C)C(=O)Nc2ccc(Br)cc2)c1. The lowest BCUT2D eigenvalue weighted by Crippen LogP contribution is -2.30. The zero-order valence-corrected chi connectivity index (χ0v) is 25.5. The van der Waals surface area contributed by atoms with Gasteiger partial charge in [0.2, 0.25) is 5.91 Å². The molecule has 0 heterocycles. The predicted octanol–water partition coefficient (Wildman–Crippen LogP) is 7.38.